The Kier molecular flexibility index (Phi) is 11.5. The molecule has 0 atom stereocenters. The summed E-state index contributed by atoms with van der Waals surface area (Å²) in [4.78, 5) is 0. The van der Waals surface area contributed by atoms with Crippen molar-refractivity contribution in [2.75, 3.05) is 11.9 Å². The highest BCUT2D eigenvalue weighted by Crippen LogP contribution is 2.41. The Hall–Kier alpha value is -4.10. The lowest BCUT2D eigenvalue weighted by Crippen LogP contribution is -2.22. The quantitative estimate of drug-likeness (QED) is 0.113. The molecule has 0 amide bonds. The summed E-state index contributed by atoms with van der Waals surface area (Å²) in [6, 6.07) is 26.4. The molecule has 0 aliphatic carbocycles. The molecule has 4 aromatic carbocycles. The first-order valence-corrected chi connectivity index (χ1v) is 16.7. The van der Waals surface area contributed by atoms with Crippen LogP contribution < -0.4 is 5.32 Å². The van der Waals surface area contributed by atoms with Gasteiger partial charge in [-0.25, -0.2) is 0 Å². The minimum Gasteiger partial charge on any atom is -0.385 e. The Bertz CT molecular complexity index is 1740. The average Bonchev–Trinajstić information content (AvgIpc) is 3.03. The number of unbranched alkanes of at least 4 members (excludes halogenated alkanes) is 3. The SMILES string of the molecule is C=C(/C=C/C=C/C=C/C=C(/C)C(C)(C)c1c(C)ccc2ccccc12)C(C)(C)c1c(NCCCCCC)ccc2ccccc12. The number of aryl methyl sites for hydroxylation is 1. The summed E-state index contributed by atoms with van der Waals surface area (Å²) < 4.78 is 0. The number of nitrogens with one attached hydrogen (secondary N) is 1. The maximum Gasteiger partial charge on any atom is 0.0388 e. The molecule has 0 spiro atoms. The van der Waals surface area contributed by atoms with Crippen LogP contribution >= 0.6 is 0 Å². The highest BCUT2D eigenvalue weighted by Gasteiger charge is 2.28. The van der Waals surface area contributed by atoms with Crippen molar-refractivity contribution in [3.05, 3.63) is 150 Å². The van der Waals surface area contributed by atoms with Crippen molar-refractivity contribution in [1.29, 1.82) is 0 Å². The molecule has 4 rings (SSSR count). The number of benzene rings is 4. The smallest absolute Gasteiger partial charge is 0.0388 e. The molecule has 1 nitrogen and oxygen atoms in total. The molecule has 0 radical (unpaired) electrons. The van der Waals surface area contributed by atoms with Gasteiger partial charge in [0.15, 0.2) is 0 Å². The minimum atomic E-state index is -0.238. The van der Waals surface area contributed by atoms with E-state index in [0.717, 1.165) is 12.1 Å². The predicted octanol–water partition coefficient (Wildman–Crippen LogP) is 12.7. The van der Waals surface area contributed by atoms with Crippen LogP contribution in [0.1, 0.15) is 83.9 Å². The topological polar surface area (TPSA) is 12.0 Å². The number of anilines is 1. The van der Waals surface area contributed by atoms with E-state index in [1.54, 1.807) is 0 Å². The van der Waals surface area contributed by atoms with E-state index in [9.17, 15) is 0 Å². The maximum atomic E-state index is 4.54. The first-order chi connectivity index (χ1) is 21.6. The normalized spacial score (nSPS) is 13.2. The van der Waals surface area contributed by atoms with E-state index in [1.165, 1.54) is 75.2 Å². The number of fused-ring (bicyclic) bond motifs is 2. The van der Waals surface area contributed by atoms with Crippen LogP contribution in [0.4, 0.5) is 5.69 Å². The van der Waals surface area contributed by atoms with Gasteiger partial charge in [-0.2, -0.15) is 0 Å². The number of allylic oxidation sites excluding steroid dienone is 9. The molecule has 234 valence electrons. The highest BCUT2D eigenvalue weighted by molar-refractivity contribution is 5.92. The largest absolute Gasteiger partial charge is 0.385 e. The van der Waals surface area contributed by atoms with Gasteiger partial charge in [0.1, 0.15) is 0 Å². The molecule has 45 heavy (non-hydrogen) atoms. The zero-order valence-electron chi connectivity index (χ0n) is 28.7. The molecule has 0 saturated carbocycles. The molecule has 0 fully saturated rings. The first-order valence-electron chi connectivity index (χ1n) is 16.7. The Morgan fingerprint density at radius 1 is 0.689 bits per heavy atom. The fourth-order valence-corrected chi connectivity index (χ4v) is 6.42. The van der Waals surface area contributed by atoms with Crippen LogP contribution in [0.25, 0.3) is 21.5 Å². The number of rotatable bonds is 14. The van der Waals surface area contributed by atoms with E-state index in [-0.39, 0.29) is 10.8 Å². The van der Waals surface area contributed by atoms with Crippen molar-refractivity contribution < 1.29 is 0 Å². The lowest BCUT2D eigenvalue weighted by atomic mass is 9.74. The molecule has 0 aliphatic rings. The minimum absolute atomic E-state index is 0.0763. The molecule has 0 unspecified atom stereocenters. The summed E-state index contributed by atoms with van der Waals surface area (Å²) >= 11 is 0. The monoisotopic (exact) mass is 595 g/mol. The fourth-order valence-electron chi connectivity index (χ4n) is 6.42. The highest BCUT2D eigenvalue weighted by atomic mass is 14.9. The Balaban J connectivity index is 1.47. The Morgan fingerprint density at radius 3 is 1.98 bits per heavy atom. The third-order valence-corrected chi connectivity index (χ3v) is 9.54. The van der Waals surface area contributed by atoms with Crippen molar-refractivity contribution in [3.63, 3.8) is 0 Å². The first kappa shape index (κ1) is 33.8. The molecule has 1 heteroatoms. The van der Waals surface area contributed by atoms with Crippen molar-refractivity contribution >= 4 is 27.2 Å². The van der Waals surface area contributed by atoms with E-state index in [0.29, 0.717) is 0 Å². The second kappa shape index (κ2) is 15.3. The van der Waals surface area contributed by atoms with Crippen molar-refractivity contribution in [3.8, 4) is 0 Å². The summed E-state index contributed by atoms with van der Waals surface area (Å²) in [5.41, 5.74) is 7.38. The number of hydrogen-bond donors (Lipinski definition) is 1. The van der Waals surface area contributed by atoms with E-state index < -0.39 is 0 Å². The van der Waals surface area contributed by atoms with Crippen LogP contribution in [0.2, 0.25) is 0 Å². The Morgan fingerprint density at radius 2 is 1.29 bits per heavy atom. The lowest BCUT2D eigenvalue weighted by molar-refractivity contribution is 0.625. The zero-order chi connectivity index (χ0) is 32.5. The molecule has 0 aromatic heterocycles. The van der Waals surface area contributed by atoms with Crippen molar-refractivity contribution in [1.82, 2.24) is 0 Å². The van der Waals surface area contributed by atoms with Crippen molar-refractivity contribution in [2.45, 2.75) is 85.0 Å². The van der Waals surface area contributed by atoms with Crippen molar-refractivity contribution in [2.24, 2.45) is 0 Å². The summed E-state index contributed by atoms with van der Waals surface area (Å²) in [6.45, 7) is 21.5. The third-order valence-electron chi connectivity index (χ3n) is 9.54. The molecule has 4 aromatic rings. The van der Waals surface area contributed by atoms with Crippen LogP contribution in [0.5, 0.6) is 0 Å². The van der Waals surface area contributed by atoms with Gasteiger partial charge >= 0.3 is 0 Å². The fraction of sp³-hybridized carbons (Fsp3) is 0.318. The number of hydrogen-bond acceptors (Lipinski definition) is 1. The standard InChI is InChI=1S/C44H53N/c1-9-10-11-21-32-45-40-31-30-37-25-18-20-27-39(37)42(40)44(7,8)35(4)23-16-14-12-13-15-22-34(3)43(5,6)41-33(2)28-29-36-24-17-19-26-38(36)41/h12-20,22-31,45H,4,9-11,21,32H2,1-3,5-8H3/b14-12+,15-13+,23-16+,34-22-. The average molecular weight is 596 g/mol. The molecular weight excluding hydrogens is 542 g/mol. The Labute approximate surface area is 273 Å². The van der Waals surface area contributed by atoms with Crippen LogP contribution in [0, 0.1) is 6.92 Å². The zero-order valence-corrected chi connectivity index (χ0v) is 28.7. The molecule has 0 saturated heterocycles. The van der Waals surface area contributed by atoms with E-state index in [2.05, 4.69) is 176 Å². The van der Waals surface area contributed by atoms with Gasteiger partial charge < -0.3 is 5.32 Å². The predicted molar refractivity (Wildman–Crippen MR) is 202 cm³/mol. The van der Waals surface area contributed by atoms with Gasteiger partial charge in [-0.05, 0) is 70.1 Å². The molecule has 0 bridgehead atoms. The summed E-state index contributed by atoms with van der Waals surface area (Å²) in [6.07, 6.45) is 20.0. The van der Waals surface area contributed by atoms with E-state index >= 15 is 0 Å². The van der Waals surface area contributed by atoms with Gasteiger partial charge in [-0.3, -0.25) is 0 Å². The van der Waals surface area contributed by atoms with Gasteiger partial charge in [0.05, 0.1) is 0 Å². The second-order valence-electron chi connectivity index (χ2n) is 13.4. The van der Waals surface area contributed by atoms with Crippen LogP contribution in [0.15, 0.2) is 133 Å². The maximum absolute atomic E-state index is 4.54. The van der Waals surface area contributed by atoms with Crippen LogP contribution in [0.3, 0.4) is 0 Å². The van der Waals surface area contributed by atoms with E-state index in [1.807, 2.05) is 0 Å². The lowest BCUT2D eigenvalue weighted by Gasteiger charge is -2.31. The van der Waals surface area contributed by atoms with Gasteiger partial charge in [-0.15, -0.1) is 0 Å². The molecular formula is C44H53N. The van der Waals surface area contributed by atoms with Gasteiger partial charge in [0.25, 0.3) is 0 Å². The van der Waals surface area contributed by atoms with Crippen LogP contribution in [-0.4, -0.2) is 6.54 Å². The van der Waals surface area contributed by atoms with Gasteiger partial charge in [-0.1, -0.05) is 175 Å². The molecule has 0 aliphatic heterocycles. The van der Waals surface area contributed by atoms with Gasteiger partial charge in [0, 0.05) is 23.1 Å². The molecule has 0 heterocycles. The summed E-state index contributed by atoms with van der Waals surface area (Å²) in [7, 11) is 0. The summed E-state index contributed by atoms with van der Waals surface area (Å²) in [5, 5.41) is 8.95. The molecule has 1 N–H and O–H groups in total. The third kappa shape index (κ3) is 7.95. The van der Waals surface area contributed by atoms with E-state index in [4.69, 9.17) is 0 Å². The summed E-state index contributed by atoms with van der Waals surface area (Å²) in [5.74, 6) is 0. The van der Waals surface area contributed by atoms with Crippen LogP contribution in [-0.2, 0) is 10.8 Å². The van der Waals surface area contributed by atoms with Gasteiger partial charge in [0.2, 0.25) is 0 Å². The second-order valence-corrected chi connectivity index (χ2v) is 13.4.